The van der Waals surface area contributed by atoms with Crippen molar-refractivity contribution >= 4 is 0 Å². The van der Waals surface area contributed by atoms with Gasteiger partial charge >= 0.3 is 0 Å². The summed E-state index contributed by atoms with van der Waals surface area (Å²) in [5.74, 6) is 0.653. The minimum Gasteiger partial charge on any atom is -0.330 e. The monoisotopic (exact) mass is 248 g/mol. The topological polar surface area (TPSA) is 38.0 Å². The molecule has 1 aromatic carbocycles. The molecule has 2 nitrogen and oxygen atoms in total. The normalized spacial score (nSPS) is 13.6. The molecule has 0 radical (unpaired) electrons. The van der Waals surface area contributed by atoms with Crippen molar-refractivity contribution in [2.24, 2.45) is 5.73 Å². The standard InChI is InChI=1S/C16H28N2/c1-5-13(2)15-8-6-14(7-9-15)12-18-16(3,4)10-11-17/h6-9,13,18H,5,10-12,17H2,1-4H3. The van der Waals surface area contributed by atoms with Gasteiger partial charge in [0.15, 0.2) is 0 Å². The average molecular weight is 248 g/mol. The fourth-order valence-electron chi connectivity index (χ4n) is 1.99. The molecule has 0 aliphatic carbocycles. The van der Waals surface area contributed by atoms with Crippen molar-refractivity contribution in [2.75, 3.05) is 6.54 Å². The molecule has 1 unspecified atom stereocenters. The van der Waals surface area contributed by atoms with Crippen molar-refractivity contribution in [3.63, 3.8) is 0 Å². The van der Waals surface area contributed by atoms with Crippen LogP contribution in [0, 0.1) is 0 Å². The molecule has 0 fully saturated rings. The van der Waals surface area contributed by atoms with Crippen LogP contribution < -0.4 is 11.1 Å². The third-order valence-electron chi connectivity index (χ3n) is 3.70. The Balaban J connectivity index is 2.54. The number of nitrogens with two attached hydrogens (primary N) is 1. The van der Waals surface area contributed by atoms with Gasteiger partial charge in [0.1, 0.15) is 0 Å². The molecular formula is C16H28N2. The number of hydrogen-bond acceptors (Lipinski definition) is 2. The molecule has 0 saturated heterocycles. The molecule has 0 saturated carbocycles. The van der Waals surface area contributed by atoms with Crippen LogP contribution in [0.2, 0.25) is 0 Å². The van der Waals surface area contributed by atoms with E-state index in [4.69, 9.17) is 5.73 Å². The van der Waals surface area contributed by atoms with E-state index in [0.29, 0.717) is 5.92 Å². The first-order valence-electron chi connectivity index (χ1n) is 7.02. The highest BCUT2D eigenvalue weighted by Gasteiger charge is 2.15. The number of benzene rings is 1. The van der Waals surface area contributed by atoms with Gasteiger partial charge in [0, 0.05) is 12.1 Å². The predicted octanol–water partition coefficient (Wildman–Crippen LogP) is 3.42. The van der Waals surface area contributed by atoms with Crippen molar-refractivity contribution in [2.45, 2.75) is 58.5 Å². The van der Waals surface area contributed by atoms with Crippen LogP contribution in [-0.2, 0) is 6.54 Å². The first kappa shape index (κ1) is 15.2. The van der Waals surface area contributed by atoms with Gasteiger partial charge < -0.3 is 11.1 Å². The van der Waals surface area contributed by atoms with E-state index in [1.54, 1.807) is 0 Å². The molecule has 1 rings (SSSR count). The van der Waals surface area contributed by atoms with E-state index in [2.05, 4.69) is 57.3 Å². The van der Waals surface area contributed by atoms with Crippen LogP contribution in [0.25, 0.3) is 0 Å². The third-order valence-corrected chi connectivity index (χ3v) is 3.70. The molecule has 0 aliphatic heterocycles. The molecule has 3 N–H and O–H groups in total. The van der Waals surface area contributed by atoms with Gasteiger partial charge in [0.05, 0.1) is 0 Å². The van der Waals surface area contributed by atoms with E-state index < -0.39 is 0 Å². The summed E-state index contributed by atoms with van der Waals surface area (Å²) >= 11 is 0. The highest BCUT2D eigenvalue weighted by molar-refractivity contribution is 5.25. The highest BCUT2D eigenvalue weighted by atomic mass is 15.0. The lowest BCUT2D eigenvalue weighted by Gasteiger charge is -2.26. The maximum atomic E-state index is 5.61. The van der Waals surface area contributed by atoms with E-state index in [0.717, 1.165) is 19.5 Å². The van der Waals surface area contributed by atoms with Gasteiger partial charge in [-0.05, 0) is 50.3 Å². The smallest absolute Gasteiger partial charge is 0.0210 e. The van der Waals surface area contributed by atoms with Crippen molar-refractivity contribution in [3.8, 4) is 0 Å². The highest BCUT2D eigenvalue weighted by Crippen LogP contribution is 2.19. The fraction of sp³-hybridized carbons (Fsp3) is 0.625. The van der Waals surface area contributed by atoms with Crippen molar-refractivity contribution in [1.82, 2.24) is 5.32 Å². The molecule has 1 aromatic rings. The molecule has 18 heavy (non-hydrogen) atoms. The van der Waals surface area contributed by atoms with Gasteiger partial charge in [-0.1, -0.05) is 38.1 Å². The molecule has 0 spiro atoms. The van der Waals surface area contributed by atoms with Crippen LogP contribution >= 0.6 is 0 Å². The van der Waals surface area contributed by atoms with E-state index in [9.17, 15) is 0 Å². The third kappa shape index (κ3) is 4.79. The summed E-state index contributed by atoms with van der Waals surface area (Å²) in [4.78, 5) is 0. The number of nitrogens with one attached hydrogen (secondary N) is 1. The van der Waals surface area contributed by atoms with Crippen molar-refractivity contribution < 1.29 is 0 Å². The molecule has 102 valence electrons. The van der Waals surface area contributed by atoms with Gasteiger partial charge in [0.2, 0.25) is 0 Å². The van der Waals surface area contributed by atoms with Crippen LogP contribution in [0.1, 0.15) is 57.6 Å². The molecular weight excluding hydrogens is 220 g/mol. The van der Waals surface area contributed by atoms with Crippen LogP contribution in [-0.4, -0.2) is 12.1 Å². The van der Waals surface area contributed by atoms with Crippen molar-refractivity contribution in [3.05, 3.63) is 35.4 Å². The SMILES string of the molecule is CCC(C)c1ccc(CNC(C)(C)CCN)cc1. The summed E-state index contributed by atoms with van der Waals surface area (Å²) in [6.07, 6.45) is 2.19. The Morgan fingerprint density at radius 2 is 1.83 bits per heavy atom. The minimum atomic E-state index is 0.115. The molecule has 0 heterocycles. The van der Waals surface area contributed by atoms with Gasteiger partial charge in [-0.25, -0.2) is 0 Å². The van der Waals surface area contributed by atoms with E-state index >= 15 is 0 Å². The Bertz CT molecular complexity index is 341. The van der Waals surface area contributed by atoms with Crippen LogP contribution in [0.5, 0.6) is 0 Å². The summed E-state index contributed by atoms with van der Waals surface area (Å²) in [6.45, 7) is 10.6. The summed E-state index contributed by atoms with van der Waals surface area (Å²) in [5, 5.41) is 3.56. The molecule has 0 amide bonds. The molecule has 2 heteroatoms. The first-order valence-corrected chi connectivity index (χ1v) is 7.02. The lowest BCUT2D eigenvalue weighted by Crippen LogP contribution is -2.40. The minimum absolute atomic E-state index is 0.115. The number of rotatable bonds is 7. The first-order chi connectivity index (χ1) is 8.48. The zero-order chi connectivity index (χ0) is 13.6. The van der Waals surface area contributed by atoms with Gasteiger partial charge in [-0.15, -0.1) is 0 Å². The van der Waals surface area contributed by atoms with Crippen molar-refractivity contribution in [1.29, 1.82) is 0 Å². The van der Waals surface area contributed by atoms with Gasteiger partial charge in [-0.3, -0.25) is 0 Å². The zero-order valence-electron chi connectivity index (χ0n) is 12.3. The Morgan fingerprint density at radius 3 is 2.33 bits per heavy atom. The second kappa shape index (κ2) is 6.91. The summed E-state index contributed by atoms with van der Waals surface area (Å²) in [5.41, 5.74) is 8.50. The van der Waals surface area contributed by atoms with E-state index in [1.807, 2.05) is 0 Å². The van der Waals surface area contributed by atoms with Crippen LogP contribution in [0.4, 0.5) is 0 Å². The molecule has 0 aliphatic rings. The fourth-order valence-corrected chi connectivity index (χ4v) is 1.99. The van der Waals surface area contributed by atoms with Gasteiger partial charge in [0.25, 0.3) is 0 Å². The Morgan fingerprint density at radius 1 is 1.22 bits per heavy atom. The Hall–Kier alpha value is -0.860. The maximum Gasteiger partial charge on any atom is 0.0210 e. The number of hydrogen-bond donors (Lipinski definition) is 2. The Kier molecular flexibility index (Phi) is 5.83. The van der Waals surface area contributed by atoms with Crippen LogP contribution in [0.3, 0.4) is 0 Å². The van der Waals surface area contributed by atoms with E-state index in [-0.39, 0.29) is 5.54 Å². The Labute approximate surface area is 112 Å². The summed E-state index contributed by atoms with van der Waals surface area (Å²) < 4.78 is 0. The second-order valence-electron chi connectivity index (χ2n) is 5.83. The lowest BCUT2D eigenvalue weighted by molar-refractivity contribution is 0.365. The van der Waals surface area contributed by atoms with Crippen LogP contribution in [0.15, 0.2) is 24.3 Å². The largest absolute Gasteiger partial charge is 0.330 e. The van der Waals surface area contributed by atoms with Gasteiger partial charge in [-0.2, -0.15) is 0 Å². The molecule has 1 atom stereocenters. The maximum absolute atomic E-state index is 5.61. The van der Waals surface area contributed by atoms with E-state index in [1.165, 1.54) is 17.5 Å². The quantitative estimate of drug-likeness (QED) is 0.776. The second-order valence-corrected chi connectivity index (χ2v) is 5.83. The lowest BCUT2D eigenvalue weighted by atomic mass is 9.97. The molecule has 0 aromatic heterocycles. The molecule has 0 bridgehead atoms. The zero-order valence-corrected chi connectivity index (χ0v) is 12.3. The average Bonchev–Trinajstić information content (AvgIpc) is 2.36. The predicted molar refractivity (Wildman–Crippen MR) is 79.7 cm³/mol. The summed E-state index contributed by atoms with van der Waals surface area (Å²) in [7, 11) is 0. The summed E-state index contributed by atoms with van der Waals surface area (Å²) in [6, 6.07) is 8.96.